The molecule has 2 heterocycles. The summed E-state index contributed by atoms with van der Waals surface area (Å²) in [4.78, 5) is 11.6. The van der Waals surface area contributed by atoms with Gasteiger partial charge in [0.05, 0.1) is 10.6 Å². The second kappa shape index (κ2) is 6.26. The quantitative estimate of drug-likeness (QED) is 0.474. The lowest BCUT2D eigenvalue weighted by atomic mass is 9.87. The minimum Gasteiger partial charge on any atom is -0.482 e. The van der Waals surface area contributed by atoms with Crippen molar-refractivity contribution in [2.45, 2.75) is 19.4 Å². The van der Waals surface area contributed by atoms with Crippen LogP contribution in [0.5, 0.6) is 5.75 Å². The fraction of sp³-hybridized carbons (Fsp3) is 0.158. The number of carboxylic acids is 1. The molecular formula is C19H13BrCl2N2O3. The molecule has 0 bridgehead atoms. The number of aromatic amines is 1. The van der Waals surface area contributed by atoms with E-state index in [1.54, 1.807) is 12.1 Å². The average molecular weight is 468 g/mol. The van der Waals surface area contributed by atoms with Crippen LogP contribution in [-0.2, 0) is 5.60 Å². The fourth-order valence-electron chi connectivity index (χ4n) is 3.37. The lowest BCUT2D eigenvalue weighted by Gasteiger charge is -2.34. The van der Waals surface area contributed by atoms with E-state index < -0.39 is 11.6 Å². The largest absolute Gasteiger partial charge is 0.482 e. The molecule has 4 rings (SSSR count). The lowest BCUT2D eigenvalue weighted by molar-refractivity contribution is 0.0665. The van der Waals surface area contributed by atoms with Gasteiger partial charge in [-0.25, -0.2) is 4.79 Å². The van der Waals surface area contributed by atoms with E-state index in [4.69, 9.17) is 27.9 Å². The molecule has 138 valence electrons. The van der Waals surface area contributed by atoms with Crippen LogP contribution in [0.1, 0.15) is 29.9 Å². The maximum atomic E-state index is 11.6. The van der Waals surface area contributed by atoms with Crippen LogP contribution in [0.3, 0.4) is 0 Å². The number of hydrogen-bond acceptors (Lipinski definition) is 3. The molecule has 0 aliphatic carbocycles. The van der Waals surface area contributed by atoms with E-state index in [9.17, 15) is 9.90 Å². The highest BCUT2D eigenvalue weighted by molar-refractivity contribution is 9.10. The maximum Gasteiger partial charge on any atom is 0.354 e. The molecule has 0 saturated carbocycles. The maximum absolute atomic E-state index is 11.6. The van der Waals surface area contributed by atoms with Crippen LogP contribution >= 0.6 is 39.1 Å². The molecule has 5 nitrogen and oxygen atoms in total. The summed E-state index contributed by atoms with van der Waals surface area (Å²) in [6.07, 6.45) is 0. The van der Waals surface area contributed by atoms with Crippen molar-refractivity contribution in [3.05, 3.63) is 56.1 Å². The van der Waals surface area contributed by atoms with E-state index in [1.165, 1.54) is 0 Å². The Morgan fingerprint density at radius 2 is 1.89 bits per heavy atom. The first-order chi connectivity index (χ1) is 12.7. The lowest BCUT2D eigenvalue weighted by Crippen LogP contribution is -2.31. The van der Waals surface area contributed by atoms with E-state index in [-0.39, 0.29) is 5.69 Å². The zero-order valence-corrected chi connectivity index (χ0v) is 17.3. The summed E-state index contributed by atoms with van der Waals surface area (Å²) in [5, 5.41) is 17.4. The first-order valence-electron chi connectivity index (χ1n) is 7.99. The molecular weight excluding hydrogens is 455 g/mol. The van der Waals surface area contributed by atoms with Crippen LogP contribution in [-0.4, -0.2) is 21.3 Å². The number of aromatic nitrogens is 2. The summed E-state index contributed by atoms with van der Waals surface area (Å²) >= 11 is 16.0. The van der Waals surface area contributed by atoms with Crippen LogP contribution in [0.2, 0.25) is 10.0 Å². The molecule has 0 unspecified atom stereocenters. The van der Waals surface area contributed by atoms with Gasteiger partial charge < -0.3 is 9.84 Å². The standard InChI is InChI=1S/C19H13BrCl2N2O3/c1-19(2)14-15(23-24-16(14)18(25)26)12-6-8(20)5-11(17(12)27-19)10-4-3-9(21)7-13(10)22/h3-7H,1-2H3,(H,23,24)(H,25,26). The number of rotatable bonds is 2. The van der Waals surface area contributed by atoms with Crippen molar-refractivity contribution < 1.29 is 14.6 Å². The third-order valence-corrected chi connectivity index (χ3v) is 5.48. The average Bonchev–Trinajstić information content (AvgIpc) is 3.02. The van der Waals surface area contributed by atoms with Crippen LogP contribution in [0, 0.1) is 0 Å². The summed E-state index contributed by atoms with van der Waals surface area (Å²) in [5.41, 5.74) is 2.38. The molecule has 1 aliphatic rings. The fourth-order valence-corrected chi connectivity index (χ4v) is 4.34. The number of fused-ring (bicyclic) bond motifs is 3. The van der Waals surface area contributed by atoms with Gasteiger partial charge in [-0.05, 0) is 38.1 Å². The molecule has 0 spiro atoms. The third kappa shape index (κ3) is 2.92. The van der Waals surface area contributed by atoms with Gasteiger partial charge in [0.1, 0.15) is 17.0 Å². The Labute approximate surface area is 173 Å². The van der Waals surface area contributed by atoms with Gasteiger partial charge in [-0.15, -0.1) is 0 Å². The Morgan fingerprint density at radius 3 is 2.56 bits per heavy atom. The molecule has 0 fully saturated rings. The van der Waals surface area contributed by atoms with Crippen LogP contribution < -0.4 is 4.74 Å². The van der Waals surface area contributed by atoms with Crippen molar-refractivity contribution in [3.8, 4) is 28.1 Å². The zero-order chi connectivity index (χ0) is 19.5. The van der Waals surface area contributed by atoms with Gasteiger partial charge >= 0.3 is 5.97 Å². The number of hydrogen-bond donors (Lipinski definition) is 2. The number of H-pyrrole nitrogens is 1. The molecule has 1 aromatic heterocycles. The second-order valence-corrected chi connectivity index (χ2v) is 8.45. The normalized spacial score (nSPS) is 14.3. The second-order valence-electron chi connectivity index (χ2n) is 6.69. The first kappa shape index (κ1) is 18.3. The van der Waals surface area contributed by atoms with Gasteiger partial charge in [-0.3, -0.25) is 5.10 Å². The molecule has 2 aromatic carbocycles. The molecule has 0 atom stereocenters. The van der Waals surface area contributed by atoms with Crippen LogP contribution in [0.25, 0.3) is 22.4 Å². The van der Waals surface area contributed by atoms with E-state index in [0.717, 1.165) is 15.6 Å². The molecule has 0 radical (unpaired) electrons. The monoisotopic (exact) mass is 466 g/mol. The van der Waals surface area contributed by atoms with Crippen molar-refractivity contribution >= 4 is 45.1 Å². The number of carboxylic acid groups (broad SMARTS) is 1. The highest BCUT2D eigenvalue weighted by Gasteiger charge is 2.40. The Balaban J connectivity index is 2.04. The van der Waals surface area contributed by atoms with Gasteiger partial charge in [0.2, 0.25) is 0 Å². The van der Waals surface area contributed by atoms with Crippen LogP contribution in [0.15, 0.2) is 34.8 Å². The Bertz CT molecular complexity index is 1110. The van der Waals surface area contributed by atoms with Gasteiger partial charge in [0, 0.05) is 26.2 Å². The highest BCUT2D eigenvalue weighted by atomic mass is 79.9. The van der Waals surface area contributed by atoms with Crippen molar-refractivity contribution in [2.24, 2.45) is 0 Å². The van der Waals surface area contributed by atoms with Gasteiger partial charge in [-0.2, -0.15) is 5.10 Å². The Kier molecular flexibility index (Phi) is 4.25. The Hall–Kier alpha value is -2.02. The van der Waals surface area contributed by atoms with Crippen molar-refractivity contribution in [1.82, 2.24) is 10.2 Å². The van der Waals surface area contributed by atoms with E-state index >= 15 is 0 Å². The number of nitrogens with zero attached hydrogens (tertiary/aromatic N) is 1. The van der Waals surface area contributed by atoms with Crippen LogP contribution in [0.4, 0.5) is 0 Å². The van der Waals surface area contributed by atoms with Crippen molar-refractivity contribution in [1.29, 1.82) is 0 Å². The van der Waals surface area contributed by atoms with E-state index in [2.05, 4.69) is 26.1 Å². The summed E-state index contributed by atoms with van der Waals surface area (Å²) < 4.78 is 7.07. The minimum absolute atomic E-state index is 0.0201. The van der Waals surface area contributed by atoms with E-state index in [1.807, 2.05) is 32.0 Å². The molecule has 3 aromatic rings. The number of ether oxygens (including phenoxy) is 1. The van der Waals surface area contributed by atoms with Crippen molar-refractivity contribution in [3.63, 3.8) is 0 Å². The SMILES string of the molecule is CC1(C)Oc2c(-c3ccc(Cl)cc3Cl)cc(Br)cc2-c2n[nH]c(C(=O)O)c21. The van der Waals surface area contributed by atoms with Gasteiger partial charge in [0.25, 0.3) is 0 Å². The number of aromatic carboxylic acids is 1. The predicted molar refractivity (Wildman–Crippen MR) is 108 cm³/mol. The number of halogens is 3. The topological polar surface area (TPSA) is 75.2 Å². The first-order valence-corrected chi connectivity index (χ1v) is 9.54. The minimum atomic E-state index is -1.08. The predicted octanol–water partition coefficient (Wildman–Crippen LogP) is 6.14. The summed E-state index contributed by atoms with van der Waals surface area (Å²) in [5.74, 6) is -0.497. The van der Waals surface area contributed by atoms with Gasteiger partial charge in [0.15, 0.2) is 5.69 Å². The van der Waals surface area contributed by atoms with Crippen molar-refractivity contribution in [2.75, 3.05) is 0 Å². The smallest absolute Gasteiger partial charge is 0.354 e. The molecule has 27 heavy (non-hydrogen) atoms. The number of benzene rings is 2. The molecule has 2 N–H and O–H groups in total. The summed E-state index contributed by atoms with van der Waals surface area (Å²) in [6, 6.07) is 9.00. The summed E-state index contributed by atoms with van der Waals surface area (Å²) in [6.45, 7) is 3.62. The van der Waals surface area contributed by atoms with Gasteiger partial charge in [-0.1, -0.05) is 45.2 Å². The number of carbonyl (C=O) groups is 1. The molecule has 1 aliphatic heterocycles. The third-order valence-electron chi connectivity index (χ3n) is 4.47. The zero-order valence-electron chi connectivity index (χ0n) is 14.2. The molecule has 0 saturated heterocycles. The highest BCUT2D eigenvalue weighted by Crippen LogP contribution is 2.51. The number of nitrogens with one attached hydrogen (secondary N) is 1. The molecule has 0 amide bonds. The summed E-state index contributed by atoms with van der Waals surface area (Å²) in [7, 11) is 0. The van der Waals surface area contributed by atoms with E-state index in [0.29, 0.717) is 32.6 Å². The molecule has 8 heteroatoms. The Morgan fingerprint density at radius 1 is 1.19 bits per heavy atom.